The maximum absolute atomic E-state index is 12.4. The van der Waals surface area contributed by atoms with Crippen LogP contribution in [-0.4, -0.2) is 85.6 Å². The van der Waals surface area contributed by atoms with Gasteiger partial charge < -0.3 is 24.2 Å². The Bertz CT molecular complexity index is 1080. The van der Waals surface area contributed by atoms with Gasteiger partial charge in [-0.15, -0.1) is 11.3 Å². The zero-order valence-corrected chi connectivity index (χ0v) is 26.6. The number of aryl methyl sites for hydroxylation is 2. The number of carbonyl (C=O) groups excluding carboxylic acids is 1. The third-order valence-electron chi connectivity index (χ3n) is 8.72. The van der Waals surface area contributed by atoms with Crippen LogP contribution in [0, 0.1) is 19.3 Å². The van der Waals surface area contributed by atoms with Gasteiger partial charge in [0, 0.05) is 24.5 Å². The molecule has 2 aromatic rings. The molecule has 0 bridgehead atoms. The zero-order valence-electron chi connectivity index (χ0n) is 25.0. The maximum atomic E-state index is 12.4. The minimum Gasteiger partial charge on any atom is -0.497 e. The Hall–Kier alpha value is -1.82. The second-order valence-electron chi connectivity index (χ2n) is 11.3. The molecule has 2 N–H and O–H groups in total. The van der Waals surface area contributed by atoms with Crippen LogP contribution in [0.5, 0.6) is 5.75 Å². The van der Waals surface area contributed by atoms with Crippen molar-refractivity contribution >= 4 is 28.3 Å². The lowest BCUT2D eigenvalue weighted by molar-refractivity contribution is -0.139. The fourth-order valence-corrected chi connectivity index (χ4v) is 7.85. The van der Waals surface area contributed by atoms with E-state index in [1.165, 1.54) is 30.6 Å². The van der Waals surface area contributed by atoms with Crippen LogP contribution in [0.2, 0.25) is 0 Å². The molecule has 2 fully saturated rings. The number of methoxy groups -OCH3 is 1. The minimum atomic E-state index is -1.92. The van der Waals surface area contributed by atoms with E-state index in [1.54, 1.807) is 33.1 Å². The van der Waals surface area contributed by atoms with E-state index >= 15 is 0 Å². The smallest absolute Gasteiger partial charge is 0.248 e. The van der Waals surface area contributed by atoms with Gasteiger partial charge in [-0.2, -0.15) is 0 Å². The van der Waals surface area contributed by atoms with Gasteiger partial charge in [0.05, 0.1) is 24.2 Å². The van der Waals surface area contributed by atoms with E-state index in [9.17, 15) is 9.00 Å². The number of carbonyl (C=O) groups is 1. The van der Waals surface area contributed by atoms with Crippen molar-refractivity contribution in [2.24, 2.45) is 5.41 Å². The first-order valence-electron chi connectivity index (χ1n) is 14.0. The molecule has 8 nitrogen and oxygen atoms in total. The maximum Gasteiger partial charge on any atom is 0.248 e. The number of hydrogen-bond donors (Lipinski definition) is 2. The van der Waals surface area contributed by atoms with Gasteiger partial charge >= 0.3 is 0 Å². The summed E-state index contributed by atoms with van der Waals surface area (Å²) >= 11 is -0.0238. The molecule has 1 amide bonds. The molecule has 4 rings (SSSR count). The Morgan fingerprint density at radius 1 is 1.12 bits per heavy atom. The zero-order chi connectivity index (χ0) is 29.3. The van der Waals surface area contributed by atoms with Crippen LogP contribution in [0.25, 0.3) is 0 Å². The molecule has 1 aliphatic heterocycles. The molecule has 1 aromatic carbocycles. The molecule has 224 valence electrons. The van der Waals surface area contributed by atoms with Crippen molar-refractivity contribution < 1.29 is 23.0 Å². The number of nitrogens with zero attached hydrogens (tertiary/aromatic N) is 2. The van der Waals surface area contributed by atoms with Gasteiger partial charge in [-0.05, 0) is 114 Å². The summed E-state index contributed by atoms with van der Waals surface area (Å²) in [7, 11) is 7.92. The van der Waals surface area contributed by atoms with Gasteiger partial charge in [0.1, 0.15) is 12.4 Å². The van der Waals surface area contributed by atoms with E-state index in [0.717, 1.165) is 43.6 Å². The number of ether oxygens (including phenoxy) is 2. The summed E-state index contributed by atoms with van der Waals surface area (Å²) in [6.45, 7) is 6.96. The number of thiophene rings is 1. The number of rotatable bonds is 9. The Morgan fingerprint density at radius 2 is 1.75 bits per heavy atom. The molecule has 1 atom stereocenters. The molecule has 1 spiro atoms. The summed E-state index contributed by atoms with van der Waals surface area (Å²) in [5.41, 5.74) is 2.18. The van der Waals surface area contributed by atoms with Crippen molar-refractivity contribution in [3.63, 3.8) is 0 Å². The van der Waals surface area contributed by atoms with Crippen LogP contribution in [0.1, 0.15) is 54.5 Å². The topological polar surface area (TPSA) is 91.3 Å². The predicted octanol–water partition coefficient (Wildman–Crippen LogP) is 4.82. The fraction of sp³-hybridized carbons (Fsp3) is 0.633. The lowest BCUT2D eigenvalue weighted by Gasteiger charge is -2.52. The quantitative estimate of drug-likeness (QED) is 0.318. The molecule has 2 heterocycles. The number of likely N-dealkylation sites (N-methyl/N-ethyl adjacent to an activating group) is 1. The second kappa shape index (κ2) is 14.9. The normalized spacial score (nSPS) is 18.8. The molecule has 1 aliphatic carbocycles. The molecule has 2 aliphatic rings. The van der Waals surface area contributed by atoms with Crippen LogP contribution in [0.4, 0.5) is 0 Å². The average molecular weight is 594 g/mol. The Labute approximate surface area is 246 Å². The van der Waals surface area contributed by atoms with Crippen LogP contribution < -0.4 is 10.1 Å². The van der Waals surface area contributed by atoms with Gasteiger partial charge in [0.2, 0.25) is 5.91 Å². The molecule has 40 heavy (non-hydrogen) atoms. The summed E-state index contributed by atoms with van der Waals surface area (Å²) in [5.74, 6) is 0.863. The van der Waals surface area contributed by atoms with Gasteiger partial charge in [-0.1, -0.05) is 6.07 Å². The first kappa shape index (κ1) is 32.7. The summed E-state index contributed by atoms with van der Waals surface area (Å²) in [5, 5.41) is 5.23. The number of likely N-dealkylation sites (tertiary alicyclic amines) is 1. The number of hydrogen-bond acceptors (Lipinski definition) is 7. The number of amides is 1. The number of nitrogens with one attached hydrogen (secondary N) is 1. The molecule has 0 radical (unpaired) electrons. The standard InChI is InChI=1S/C21H35N3O2S.C9H12O3S/c1-22-12-15-26-17-19(25)24-13-10-20(11-14-24)6-8-21(9-7-20,23(2)3)18-5-4-16-27-18;1-6-4-8(12-3)5-7(2)9(6)13(10)11/h4-5,16,22H,6-15,17H2,1-3H3;4-5H,1-3H3,(H,10,11). The minimum absolute atomic E-state index is 0.151. The highest BCUT2D eigenvalue weighted by molar-refractivity contribution is 7.79. The molecule has 1 aromatic heterocycles. The van der Waals surface area contributed by atoms with E-state index in [1.807, 2.05) is 23.3 Å². The van der Waals surface area contributed by atoms with Crippen LogP contribution in [-0.2, 0) is 26.2 Å². The molecular weight excluding hydrogens is 546 g/mol. The summed E-state index contributed by atoms with van der Waals surface area (Å²) in [4.78, 5) is 18.8. The second-order valence-corrected chi connectivity index (χ2v) is 13.1. The molecule has 1 saturated carbocycles. The average Bonchev–Trinajstić information content (AvgIpc) is 3.47. The monoisotopic (exact) mass is 593 g/mol. The van der Waals surface area contributed by atoms with Crippen molar-refractivity contribution in [2.75, 3.05) is 61.1 Å². The van der Waals surface area contributed by atoms with Crippen LogP contribution in [0.15, 0.2) is 34.5 Å². The highest BCUT2D eigenvalue weighted by Crippen LogP contribution is 2.53. The van der Waals surface area contributed by atoms with Crippen molar-refractivity contribution in [2.45, 2.75) is 62.8 Å². The van der Waals surface area contributed by atoms with Crippen molar-refractivity contribution in [3.8, 4) is 5.75 Å². The highest BCUT2D eigenvalue weighted by Gasteiger charge is 2.46. The van der Waals surface area contributed by atoms with E-state index in [-0.39, 0.29) is 18.1 Å². The first-order valence-corrected chi connectivity index (χ1v) is 16.0. The third kappa shape index (κ3) is 7.92. The van der Waals surface area contributed by atoms with E-state index in [2.05, 4.69) is 41.8 Å². The summed E-state index contributed by atoms with van der Waals surface area (Å²) in [6.07, 6.45) is 7.27. The van der Waals surface area contributed by atoms with Gasteiger partial charge in [0.15, 0.2) is 11.1 Å². The molecular formula is C30H47N3O5S2. The van der Waals surface area contributed by atoms with Crippen LogP contribution in [0.3, 0.4) is 0 Å². The predicted molar refractivity (Wildman–Crippen MR) is 163 cm³/mol. The van der Waals surface area contributed by atoms with Gasteiger partial charge in [-0.3, -0.25) is 9.69 Å². The van der Waals surface area contributed by atoms with Crippen molar-refractivity contribution in [1.82, 2.24) is 15.1 Å². The number of benzene rings is 1. The molecule has 10 heteroatoms. The van der Waals surface area contributed by atoms with E-state index < -0.39 is 11.1 Å². The summed E-state index contributed by atoms with van der Waals surface area (Å²) in [6, 6.07) is 7.98. The van der Waals surface area contributed by atoms with Crippen molar-refractivity contribution in [3.05, 3.63) is 45.6 Å². The lowest BCUT2D eigenvalue weighted by atomic mass is 9.62. The van der Waals surface area contributed by atoms with E-state index in [0.29, 0.717) is 22.7 Å². The lowest BCUT2D eigenvalue weighted by Crippen LogP contribution is -2.50. The van der Waals surface area contributed by atoms with E-state index in [4.69, 9.17) is 14.0 Å². The first-order chi connectivity index (χ1) is 19.1. The van der Waals surface area contributed by atoms with Crippen LogP contribution >= 0.6 is 11.3 Å². The van der Waals surface area contributed by atoms with Gasteiger partial charge in [-0.25, -0.2) is 4.21 Å². The fourth-order valence-electron chi connectivity index (χ4n) is 6.11. The van der Waals surface area contributed by atoms with Crippen molar-refractivity contribution in [1.29, 1.82) is 0 Å². The third-order valence-corrected chi connectivity index (χ3v) is 10.8. The Balaban J connectivity index is 0.000000285. The SMILES string of the molecule is CNCCOCC(=O)N1CCC2(CC1)CCC(c1cccs1)(N(C)C)CC2.COc1cc(C)c(S(=O)O)c(C)c1. The van der Waals surface area contributed by atoms with Gasteiger partial charge in [0.25, 0.3) is 0 Å². The molecule has 1 saturated heterocycles. The Kier molecular flexibility index (Phi) is 12.2. The number of piperidine rings is 1. The highest BCUT2D eigenvalue weighted by atomic mass is 32.2. The molecule has 1 unspecified atom stereocenters. The largest absolute Gasteiger partial charge is 0.497 e. The summed E-state index contributed by atoms with van der Waals surface area (Å²) < 4.78 is 30.4. The Morgan fingerprint density at radius 3 is 2.23 bits per heavy atom.